The lowest BCUT2D eigenvalue weighted by atomic mass is 9.95. The Balaban J connectivity index is 4.35. The molecule has 0 aliphatic rings. The van der Waals surface area contributed by atoms with Crippen molar-refractivity contribution in [3.63, 3.8) is 0 Å². The van der Waals surface area contributed by atoms with E-state index in [0.29, 0.717) is 0 Å². The second kappa shape index (κ2) is 3.11. The van der Waals surface area contributed by atoms with Gasteiger partial charge in [0.1, 0.15) is 0 Å². The van der Waals surface area contributed by atoms with Crippen LogP contribution < -0.4 is 0 Å². The van der Waals surface area contributed by atoms with Gasteiger partial charge in [0, 0.05) is 11.1 Å². The average Bonchev–Trinajstić information content (AvgIpc) is 1.84. The van der Waals surface area contributed by atoms with E-state index in [1.54, 1.807) is 0 Å². The Labute approximate surface area is 70.2 Å². The van der Waals surface area contributed by atoms with Crippen molar-refractivity contribution < 1.29 is 5.21 Å². The van der Waals surface area contributed by atoms with Gasteiger partial charge in [-0.1, -0.05) is 6.92 Å². The van der Waals surface area contributed by atoms with E-state index in [9.17, 15) is 5.21 Å². The third-order valence-corrected chi connectivity index (χ3v) is 2.02. The number of nitrogens with zero attached hydrogens (tertiary/aromatic N) is 1. The van der Waals surface area contributed by atoms with Gasteiger partial charge in [0.25, 0.3) is 0 Å². The van der Waals surface area contributed by atoms with Crippen molar-refractivity contribution in [1.82, 2.24) is 5.06 Å². The summed E-state index contributed by atoms with van der Waals surface area (Å²) in [4.78, 5) is 0. The minimum absolute atomic E-state index is 0.238. The smallest absolute Gasteiger partial charge is 0.0440 e. The van der Waals surface area contributed by atoms with E-state index in [4.69, 9.17) is 0 Å². The molecule has 0 aliphatic heterocycles. The molecule has 0 saturated carbocycles. The number of hydrogen-bond donors (Lipinski definition) is 0. The molecule has 0 rings (SSSR count). The maximum absolute atomic E-state index is 11.6. The van der Waals surface area contributed by atoms with Crippen LogP contribution in [0.25, 0.3) is 0 Å². The Hall–Kier alpha value is -0.0800. The van der Waals surface area contributed by atoms with Gasteiger partial charge in [-0.3, -0.25) is 0 Å². The van der Waals surface area contributed by atoms with Crippen LogP contribution in [0, 0.1) is 0 Å². The lowest BCUT2D eigenvalue weighted by Gasteiger charge is -2.39. The molecule has 0 aromatic heterocycles. The first-order valence-corrected chi connectivity index (χ1v) is 4.19. The van der Waals surface area contributed by atoms with Crippen LogP contribution in [0.3, 0.4) is 0 Å². The van der Waals surface area contributed by atoms with Gasteiger partial charge in [0.2, 0.25) is 0 Å². The summed E-state index contributed by atoms with van der Waals surface area (Å²) in [5, 5.41) is 12.8. The molecule has 2 heteroatoms. The van der Waals surface area contributed by atoms with Crippen LogP contribution in [0.2, 0.25) is 0 Å². The van der Waals surface area contributed by atoms with Crippen LogP contribution in [-0.2, 0) is 5.21 Å². The molecule has 11 heavy (non-hydrogen) atoms. The van der Waals surface area contributed by atoms with E-state index in [2.05, 4.69) is 0 Å². The summed E-state index contributed by atoms with van der Waals surface area (Å²) in [7, 11) is 0. The standard InChI is InChI=1S/C9H20NO/c1-7-9(5,6)10(11)8(2,3)4/h7H2,1-6H3. The molecule has 0 amide bonds. The Morgan fingerprint density at radius 1 is 1.09 bits per heavy atom. The third kappa shape index (κ3) is 2.80. The fourth-order valence-electron chi connectivity index (χ4n) is 1.05. The molecule has 0 unspecified atom stereocenters. The molecule has 0 aliphatic carbocycles. The topological polar surface area (TPSA) is 23.1 Å². The van der Waals surface area contributed by atoms with Crippen LogP contribution in [0.4, 0.5) is 0 Å². The molecular weight excluding hydrogens is 138 g/mol. The van der Waals surface area contributed by atoms with Crippen molar-refractivity contribution in [2.75, 3.05) is 0 Å². The number of rotatable bonds is 2. The monoisotopic (exact) mass is 158 g/mol. The summed E-state index contributed by atoms with van der Waals surface area (Å²) in [5.41, 5.74) is -0.516. The van der Waals surface area contributed by atoms with Crippen molar-refractivity contribution in [2.45, 2.75) is 59.0 Å². The van der Waals surface area contributed by atoms with Crippen LogP contribution >= 0.6 is 0 Å². The van der Waals surface area contributed by atoms with Gasteiger partial charge in [0.15, 0.2) is 0 Å². The quantitative estimate of drug-likeness (QED) is 0.566. The first kappa shape index (κ1) is 10.9. The molecule has 1 radical (unpaired) electrons. The maximum atomic E-state index is 11.6. The van der Waals surface area contributed by atoms with Crippen molar-refractivity contribution in [3.05, 3.63) is 0 Å². The zero-order valence-electron chi connectivity index (χ0n) is 8.56. The Morgan fingerprint density at radius 2 is 1.45 bits per heavy atom. The molecule has 2 nitrogen and oxygen atoms in total. The molecule has 0 heterocycles. The van der Waals surface area contributed by atoms with E-state index in [-0.39, 0.29) is 11.1 Å². The van der Waals surface area contributed by atoms with Crippen molar-refractivity contribution in [2.24, 2.45) is 0 Å². The molecule has 0 N–H and O–H groups in total. The summed E-state index contributed by atoms with van der Waals surface area (Å²) in [5.74, 6) is 0. The van der Waals surface area contributed by atoms with E-state index >= 15 is 0 Å². The maximum Gasteiger partial charge on any atom is 0.0440 e. The Kier molecular flexibility index (Phi) is 3.09. The van der Waals surface area contributed by atoms with E-state index in [0.717, 1.165) is 6.42 Å². The van der Waals surface area contributed by atoms with Crippen LogP contribution in [0.1, 0.15) is 48.0 Å². The summed E-state index contributed by atoms with van der Waals surface area (Å²) >= 11 is 0. The summed E-state index contributed by atoms with van der Waals surface area (Å²) in [6.45, 7) is 11.8. The molecule has 0 atom stereocenters. The number of hydroxylamine groups is 2. The van der Waals surface area contributed by atoms with Crippen molar-refractivity contribution in [1.29, 1.82) is 0 Å². The number of hydrogen-bond acceptors (Lipinski definition) is 1. The zero-order valence-corrected chi connectivity index (χ0v) is 8.56. The van der Waals surface area contributed by atoms with Gasteiger partial charge in [-0.2, -0.15) is 0 Å². The highest BCUT2D eigenvalue weighted by Crippen LogP contribution is 2.25. The van der Waals surface area contributed by atoms with Gasteiger partial charge in [-0.15, -0.1) is 10.3 Å². The molecule has 67 valence electrons. The van der Waals surface area contributed by atoms with E-state index in [1.165, 1.54) is 5.06 Å². The average molecular weight is 158 g/mol. The fraction of sp³-hybridized carbons (Fsp3) is 1.00. The van der Waals surface area contributed by atoms with Gasteiger partial charge >= 0.3 is 0 Å². The van der Waals surface area contributed by atoms with Gasteiger partial charge in [0.05, 0.1) is 0 Å². The summed E-state index contributed by atoms with van der Waals surface area (Å²) in [6, 6.07) is 0. The summed E-state index contributed by atoms with van der Waals surface area (Å²) < 4.78 is 0. The predicted octanol–water partition coefficient (Wildman–Crippen LogP) is 2.62. The first-order chi connectivity index (χ1) is 4.72. The molecule has 0 saturated heterocycles. The third-order valence-electron chi connectivity index (χ3n) is 2.02. The van der Waals surface area contributed by atoms with Crippen molar-refractivity contribution in [3.8, 4) is 0 Å². The Morgan fingerprint density at radius 3 is 1.55 bits per heavy atom. The molecule has 0 fully saturated rings. The van der Waals surface area contributed by atoms with Crippen LogP contribution in [0.15, 0.2) is 0 Å². The second-order valence-corrected chi connectivity index (χ2v) is 4.63. The lowest BCUT2D eigenvalue weighted by molar-refractivity contribution is -0.267. The van der Waals surface area contributed by atoms with Gasteiger partial charge in [-0.05, 0) is 41.0 Å². The van der Waals surface area contributed by atoms with Crippen molar-refractivity contribution >= 4 is 0 Å². The van der Waals surface area contributed by atoms with Crippen LogP contribution in [0.5, 0.6) is 0 Å². The fourth-order valence-corrected chi connectivity index (χ4v) is 1.05. The lowest BCUT2D eigenvalue weighted by Crippen LogP contribution is -2.50. The van der Waals surface area contributed by atoms with Crippen LogP contribution in [-0.4, -0.2) is 16.1 Å². The molecule has 0 bridgehead atoms. The molecular formula is C9H20NO. The summed E-state index contributed by atoms with van der Waals surface area (Å²) in [6.07, 6.45) is 0.883. The highest BCUT2D eigenvalue weighted by Gasteiger charge is 2.33. The van der Waals surface area contributed by atoms with E-state index < -0.39 is 0 Å². The molecule has 0 aromatic carbocycles. The molecule has 0 spiro atoms. The second-order valence-electron chi connectivity index (χ2n) is 4.63. The predicted molar refractivity (Wildman–Crippen MR) is 46.6 cm³/mol. The normalized spacial score (nSPS) is 14.2. The minimum atomic E-state index is -0.278. The molecule has 0 aromatic rings. The minimum Gasteiger partial charge on any atom is -0.144 e. The van der Waals surface area contributed by atoms with Gasteiger partial charge in [-0.25, -0.2) is 0 Å². The largest absolute Gasteiger partial charge is 0.144 e. The highest BCUT2D eigenvalue weighted by atomic mass is 16.5. The Bertz CT molecular complexity index is 124. The van der Waals surface area contributed by atoms with E-state index in [1.807, 2.05) is 41.5 Å². The highest BCUT2D eigenvalue weighted by molar-refractivity contribution is 4.82. The van der Waals surface area contributed by atoms with Gasteiger partial charge < -0.3 is 0 Å². The first-order valence-electron chi connectivity index (χ1n) is 4.19. The zero-order chi connectivity index (χ0) is 9.28. The SMILES string of the molecule is CCC(C)(C)N([O])C(C)(C)C.